The molecule has 1 aliphatic rings. The van der Waals surface area contributed by atoms with Gasteiger partial charge in [0.25, 0.3) is 0 Å². The quantitative estimate of drug-likeness (QED) is 0.801. The molecule has 2 nitrogen and oxygen atoms in total. The Bertz CT molecular complexity index is 408. The Balaban J connectivity index is 1.95. The van der Waals surface area contributed by atoms with E-state index in [1.165, 1.54) is 0 Å². The van der Waals surface area contributed by atoms with E-state index in [0.717, 1.165) is 29.6 Å². The van der Waals surface area contributed by atoms with Gasteiger partial charge in [-0.25, -0.2) is 0 Å². The molecule has 0 atom stereocenters. The van der Waals surface area contributed by atoms with Gasteiger partial charge in [0.15, 0.2) is 0 Å². The Morgan fingerprint density at radius 1 is 1.35 bits per heavy atom. The van der Waals surface area contributed by atoms with E-state index in [9.17, 15) is 0 Å². The fourth-order valence-electron chi connectivity index (χ4n) is 1.91. The van der Waals surface area contributed by atoms with E-state index in [2.05, 4.69) is 21.2 Å². The van der Waals surface area contributed by atoms with Crippen LogP contribution in [0.4, 0.5) is 5.69 Å². The van der Waals surface area contributed by atoms with E-state index in [4.69, 9.17) is 27.9 Å². The standard InChI is InChI=1S/C12H14BrCl2NO/c1-2-17-8-5-7(6-8)16-10-4-3-9(13)11(14)12(10)15/h3-4,7-8,16H,2,5-6H2,1H3. The average molecular weight is 339 g/mol. The second-order valence-electron chi connectivity index (χ2n) is 4.11. The van der Waals surface area contributed by atoms with Crippen molar-refractivity contribution in [2.24, 2.45) is 0 Å². The Kier molecular flexibility index (Phi) is 4.59. The zero-order chi connectivity index (χ0) is 12.4. The average Bonchev–Trinajstić information content (AvgIpc) is 2.26. The third-order valence-corrected chi connectivity index (χ3v) is 4.66. The minimum absolute atomic E-state index is 0.391. The van der Waals surface area contributed by atoms with Crippen LogP contribution in [0, 0.1) is 0 Å². The van der Waals surface area contributed by atoms with Gasteiger partial charge >= 0.3 is 0 Å². The molecule has 0 heterocycles. The van der Waals surface area contributed by atoms with Crippen molar-refractivity contribution < 1.29 is 4.74 Å². The molecule has 0 bridgehead atoms. The number of halogens is 3. The number of benzene rings is 1. The second kappa shape index (κ2) is 5.79. The number of hydrogen-bond acceptors (Lipinski definition) is 2. The summed E-state index contributed by atoms with van der Waals surface area (Å²) >= 11 is 15.6. The minimum Gasteiger partial charge on any atom is -0.381 e. The SMILES string of the molecule is CCOC1CC(Nc2ccc(Br)c(Cl)c2Cl)C1. The van der Waals surface area contributed by atoms with Gasteiger partial charge in [0.05, 0.1) is 21.8 Å². The van der Waals surface area contributed by atoms with Crippen LogP contribution < -0.4 is 5.32 Å². The van der Waals surface area contributed by atoms with Crippen LogP contribution in [-0.2, 0) is 4.74 Å². The summed E-state index contributed by atoms with van der Waals surface area (Å²) in [5.41, 5.74) is 0.889. The highest BCUT2D eigenvalue weighted by Gasteiger charge is 2.29. The van der Waals surface area contributed by atoms with Gasteiger partial charge in [0, 0.05) is 17.1 Å². The molecule has 94 valence electrons. The Labute approximate surface area is 120 Å². The molecule has 0 aromatic heterocycles. The van der Waals surface area contributed by atoms with Gasteiger partial charge in [-0.15, -0.1) is 0 Å². The summed E-state index contributed by atoms with van der Waals surface area (Å²) in [6.07, 6.45) is 2.44. The first-order valence-corrected chi connectivity index (χ1v) is 7.18. The Morgan fingerprint density at radius 3 is 2.71 bits per heavy atom. The summed E-state index contributed by atoms with van der Waals surface area (Å²) in [4.78, 5) is 0. The third-order valence-electron chi connectivity index (χ3n) is 2.89. The lowest BCUT2D eigenvalue weighted by Crippen LogP contribution is -2.40. The molecular formula is C12H14BrCl2NO. The highest BCUT2D eigenvalue weighted by molar-refractivity contribution is 9.10. The molecule has 0 radical (unpaired) electrons. The third kappa shape index (κ3) is 3.08. The maximum atomic E-state index is 6.17. The smallest absolute Gasteiger partial charge is 0.0835 e. The summed E-state index contributed by atoms with van der Waals surface area (Å²) in [6.45, 7) is 2.80. The van der Waals surface area contributed by atoms with Gasteiger partial charge in [-0.1, -0.05) is 23.2 Å². The van der Waals surface area contributed by atoms with Crippen LogP contribution in [0.5, 0.6) is 0 Å². The van der Waals surface area contributed by atoms with Crippen LogP contribution in [0.25, 0.3) is 0 Å². The molecule has 0 amide bonds. The first kappa shape index (κ1) is 13.5. The first-order chi connectivity index (χ1) is 8.11. The molecule has 1 N–H and O–H groups in total. The summed E-state index contributed by atoms with van der Waals surface area (Å²) < 4.78 is 6.33. The second-order valence-corrected chi connectivity index (χ2v) is 5.72. The molecule has 0 saturated heterocycles. The van der Waals surface area contributed by atoms with Crippen molar-refractivity contribution in [1.29, 1.82) is 0 Å². The number of rotatable bonds is 4. The molecular weight excluding hydrogens is 325 g/mol. The molecule has 1 fully saturated rings. The lowest BCUT2D eigenvalue weighted by atomic mass is 9.89. The van der Waals surface area contributed by atoms with Crippen molar-refractivity contribution in [3.63, 3.8) is 0 Å². The molecule has 1 saturated carbocycles. The lowest BCUT2D eigenvalue weighted by Gasteiger charge is -2.36. The zero-order valence-corrected chi connectivity index (χ0v) is 12.6. The van der Waals surface area contributed by atoms with Crippen LogP contribution in [0.1, 0.15) is 19.8 Å². The van der Waals surface area contributed by atoms with Crippen LogP contribution in [0.2, 0.25) is 10.0 Å². The first-order valence-electron chi connectivity index (χ1n) is 5.63. The van der Waals surface area contributed by atoms with Crippen molar-refractivity contribution in [3.05, 3.63) is 26.7 Å². The number of hydrogen-bond donors (Lipinski definition) is 1. The van der Waals surface area contributed by atoms with Gasteiger partial charge in [-0.05, 0) is 47.8 Å². The number of nitrogens with one attached hydrogen (secondary N) is 1. The molecule has 0 spiro atoms. The topological polar surface area (TPSA) is 21.3 Å². The Hall–Kier alpha value is 0.0400. The largest absolute Gasteiger partial charge is 0.381 e. The van der Waals surface area contributed by atoms with Crippen molar-refractivity contribution in [1.82, 2.24) is 0 Å². The fourth-order valence-corrected chi connectivity index (χ4v) is 2.74. The highest BCUT2D eigenvalue weighted by atomic mass is 79.9. The Morgan fingerprint density at radius 2 is 2.06 bits per heavy atom. The maximum absolute atomic E-state index is 6.17. The van der Waals surface area contributed by atoms with Crippen molar-refractivity contribution in [3.8, 4) is 0 Å². The summed E-state index contributed by atoms with van der Waals surface area (Å²) in [5, 5.41) is 4.51. The van der Waals surface area contributed by atoms with Crippen LogP contribution in [-0.4, -0.2) is 18.8 Å². The molecule has 0 aliphatic heterocycles. The predicted molar refractivity (Wildman–Crippen MR) is 76.2 cm³/mol. The van der Waals surface area contributed by atoms with Crippen LogP contribution in [0.3, 0.4) is 0 Å². The van der Waals surface area contributed by atoms with Crippen LogP contribution >= 0.6 is 39.1 Å². The van der Waals surface area contributed by atoms with Crippen LogP contribution in [0.15, 0.2) is 16.6 Å². The molecule has 1 aliphatic carbocycles. The fraction of sp³-hybridized carbons (Fsp3) is 0.500. The predicted octanol–water partition coefficient (Wildman–Crippen LogP) is 4.74. The molecule has 5 heteroatoms. The maximum Gasteiger partial charge on any atom is 0.0835 e. The van der Waals surface area contributed by atoms with E-state index in [1.54, 1.807) is 0 Å². The molecule has 1 aromatic rings. The summed E-state index contributed by atoms with van der Waals surface area (Å²) in [7, 11) is 0. The van der Waals surface area contributed by atoms with Gasteiger partial charge in [0.2, 0.25) is 0 Å². The highest BCUT2D eigenvalue weighted by Crippen LogP contribution is 2.37. The van der Waals surface area contributed by atoms with E-state index >= 15 is 0 Å². The molecule has 1 aromatic carbocycles. The monoisotopic (exact) mass is 337 g/mol. The van der Waals surface area contributed by atoms with E-state index in [-0.39, 0.29) is 0 Å². The molecule has 0 unspecified atom stereocenters. The normalized spacial score (nSPS) is 23.3. The van der Waals surface area contributed by atoms with E-state index in [0.29, 0.717) is 22.2 Å². The number of anilines is 1. The van der Waals surface area contributed by atoms with Crippen molar-refractivity contribution >= 4 is 44.8 Å². The summed E-state index contributed by atoms with van der Waals surface area (Å²) in [5.74, 6) is 0. The van der Waals surface area contributed by atoms with Gasteiger partial charge in [-0.2, -0.15) is 0 Å². The van der Waals surface area contributed by atoms with Gasteiger partial charge in [-0.3, -0.25) is 0 Å². The number of ether oxygens (including phenoxy) is 1. The van der Waals surface area contributed by atoms with E-state index in [1.807, 2.05) is 19.1 Å². The molecule has 17 heavy (non-hydrogen) atoms. The lowest BCUT2D eigenvalue weighted by molar-refractivity contribution is 0.00299. The molecule has 2 rings (SSSR count). The minimum atomic E-state index is 0.391. The zero-order valence-electron chi connectivity index (χ0n) is 9.47. The van der Waals surface area contributed by atoms with Crippen molar-refractivity contribution in [2.75, 3.05) is 11.9 Å². The summed E-state index contributed by atoms with van der Waals surface area (Å²) in [6, 6.07) is 4.27. The van der Waals surface area contributed by atoms with Gasteiger partial charge in [0.1, 0.15) is 0 Å². The van der Waals surface area contributed by atoms with Crippen molar-refractivity contribution in [2.45, 2.75) is 31.9 Å². The van der Waals surface area contributed by atoms with E-state index < -0.39 is 0 Å². The van der Waals surface area contributed by atoms with Gasteiger partial charge < -0.3 is 10.1 Å².